The molecule has 2 aliphatic rings. The molecule has 0 aromatic heterocycles. The Labute approximate surface area is 398 Å². The van der Waals surface area contributed by atoms with Gasteiger partial charge in [0.05, 0.1) is 0 Å². The van der Waals surface area contributed by atoms with Crippen LogP contribution in [-0.2, 0) is 39.9 Å². The minimum Gasteiger partial charge on any atom is -0.310 e. The Balaban J connectivity index is 1.14. The Morgan fingerprint density at radius 2 is 0.742 bits per heavy atom. The summed E-state index contributed by atoms with van der Waals surface area (Å²) in [5, 5.41) is 0. The molecule has 0 saturated carbocycles. The predicted octanol–water partition coefficient (Wildman–Crippen LogP) is 18.5. The van der Waals surface area contributed by atoms with Crippen molar-refractivity contribution in [2.75, 3.05) is 4.90 Å². The van der Waals surface area contributed by atoms with E-state index >= 15 is 0 Å². The maximum Gasteiger partial charge on any atom is 0.0465 e. The fourth-order valence-electron chi connectivity index (χ4n) is 10.6. The van der Waals surface area contributed by atoms with Gasteiger partial charge < -0.3 is 4.90 Å². The lowest BCUT2D eigenvalue weighted by atomic mass is 9.77. The molecule has 0 heterocycles. The Morgan fingerprint density at radius 1 is 0.348 bits per heavy atom. The van der Waals surface area contributed by atoms with Crippen molar-refractivity contribution in [2.45, 2.75) is 150 Å². The molecular weight excluding hydrogens is 795 g/mol. The largest absolute Gasteiger partial charge is 0.310 e. The molecule has 0 atom stereocenters. The standard InChI is InChI=1S/C65H73N/c1-61(2,3)46-35-44(36-47(39-46)62(4,5)6)42-23-27-50(28-24-42)66(52-31-32-58-57-21-17-18-22-59(57)65(13,14)60(58)41-52)51-29-25-43(26-30-51)53-33-34-54(56-20-16-15-19-55(53)56)45-37-48(63(7,8)9)40-49(38-45)64(10,11)12/h17-18,21-41H,15-16,19-20H2,1-14H3. The molecule has 7 aromatic carbocycles. The van der Waals surface area contributed by atoms with Crippen LogP contribution in [0, 0.1) is 0 Å². The Bertz CT molecular complexity index is 2880. The van der Waals surface area contributed by atoms with Crippen LogP contribution in [0.15, 0.2) is 140 Å². The highest BCUT2D eigenvalue weighted by molar-refractivity contribution is 5.87. The number of rotatable bonds is 6. The molecule has 9 rings (SSSR count). The molecule has 1 heteroatoms. The van der Waals surface area contributed by atoms with Gasteiger partial charge in [-0.05, 0) is 173 Å². The molecule has 0 aliphatic heterocycles. The third-order valence-electron chi connectivity index (χ3n) is 14.9. The van der Waals surface area contributed by atoms with Crippen molar-refractivity contribution in [1.82, 2.24) is 0 Å². The number of fused-ring (bicyclic) bond motifs is 4. The van der Waals surface area contributed by atoms with Crippen LogP contribution in [0.25, 0.3) is 44.5 Å². The van der Waals surface area contributed by atoms with Crippen molar-refractivity contribution in [3.8, 4) is 44.5 Å². The Kier molecular flexibility index (Phi) is 11.2. The van der Waals surface area contributed by atoms with Crippen LogP contribution in [0.1, 0.15) is 154 Å². The van der Waals surface area contributed by atoms with Crippen molar-refractivity contribution in [3.63, 3.8) is 0 Å². The number of anilines is 3. The van der Waals surface area contributed by atoms with E-state index in [1.165, 1.54) is 102 Å². The molecule has 2 aliphatic carbocycles. The normalized spacial score (nSPS) is 14.7. The molecule has 0 unspecified atom stereocenters. The third-order valence-corrected chi connectivity index (χ3v) is 14.9. The van der Waals surface area contributed by atoms with Crippen molar-refractivity contribution in [3.05, 3.63) is 184 Å². The van der Waals surface area contributed by atoms with Gasteiger partial charge in [0.15, 0.2) is 0 Å². The first kappa shape index (κ1) is 45.5. The lowest BCUT2D eigenvalue weighted by Gasteiger charge is -2.29. The van der Waals surface area contributed by atoms with Gasteiger partial charge in [-0.15, -0.1) is 0 Å². The first-order valence-electron chi connectivity index (χ1n) is 24.7. The van der Waals surface area contributed by atoms with Gasteiger partial charge in [-0.25, -0.2) is 0 Å². The van der Waals surface area contributed by atoms with E-state index in [9.17, 15) is 0 Å². The first-order valence-corrected chi connectivity index (χ1v) is 24.7. The van der Waals surface area contributed by atoms with Crippen molar-refractivity contribution >= 4 is 17.1 Å². The molecule has 0 radical (unpaired) electrons. The summed E-state index contributed by atoms with van der Waals surface area (Å²) < 4.78 is 0. The minimum absolute atomic E-state index is 0.0511. The first-order chi connectivity index (χ1) is 31.0. The molecule has 1 nitrogen and oxygen atoms in total. The summed E-state index contributed by atoms with van der Waals surface area (Å²) in [4.78, 5) is 2.46. The molecule has 338 valence electrons. The maximum atomic E-state index is 2.47. The van der Waals surface area contributed by atoms with Crippen molar-refractivity contribution in [2.24, 2.45) is 0 Å². The lowest BCUT2D eigenvalue weighted by Crippen LogP contribution is -2.17. The molecule has 0 spiro atoms. The average molecular weight is 868 g/mol. The van der Waals surface area contributed by atoms with E-state index in [1.54, 1.807) is 5.56 Å². The summed E-state index contributed by atoms with van der Waals surface area (Å²) in [7, 11) is 0. The minimum atomic E-state index is -0.0994. The van der Waals surface area contributed by atoms with E-state index in [1.807, 2.05) is 0 Å². The zero-order chi connectivity index (χ0) is 47.1. The van der Waals surface area contributed by atoms with E-state index in [-0.39, 0.29) is 27.1 Å². The van der Waals surface area contributed by atoms with Crippen LogP contribution in [0.4, 0.5) is 17.1 Å². The van der Waals surface area contributed by atoms with Crippen LogP contribution < -0.4 is 4.90 Å². The number of hydrogen-bond acceptors (Lipinski definition) is 1. The van der Waals surface area contributed by atoms with Crippen LogP contribution in [-0.4, -0.2) is 0 Å². The second-order valence-corrected chi connectivity index (χ2v) is 24.3. The molecule has 0 N–H and O–H groups in total. The number of hydrogen-bond donors (Lipinski definition) is 0. The summed E-state index contributed by atoms with van der Waals surface area (Å²) in [6.45, 7) is 32.7. The van der Waals surface area contributed by atoms with E-state index in [0.717, 1.165) is 24.2 Å². The van der Waals surface area contributed by atoms with E-state index in [0.29, 0.717) is 0 Å². The quantitative estimate of drug-likeness (QED) is 0.161. The van der Waals surface area contributed by atoms with E-state index in [2.05, 4.69) is 241 Å². The van der Waals surface area contributed by atoms with Gasteiger partial charge in [0.25, 0.3) is 0 Å². The Morgan fingerprint density at radius 3 is 1.23 bits per heavy atom. The Hall–Kier alpha value is -5.66. The average Bonchev–Trinajstić information content (AvgIpc) is 3.50. The zero-order valence-corrected chi connectivity index (χ0v) is 42.6. The third kappa shape index (κ3) is 8.49. The highest BCUT2D eigenvalue weighted by Gasteiger charge is 2.36. The molecule has 66 heavy (non-hydrogen) atoms. The number of nitrogens with zero attached hydrogens (tertiary/aromatic N) is 1. The van der Waals surface area contributed by atoms with Gasteiger partial charge >= 0.3 is 0 Å². The molecule has 0 saturated heterocycles. The zero-order valence-electron chi connectivity index (χ0n) is 42.6. The van der Waals surface area contributed by atoms with Gasteiger partial charge in [0, 0.05) is 22.5 Å². The lowest BCUT2D eigenvalue weighted by molar-refractivity contribution is 0.568. The summed E-state index contributed by atoms with van der Waals surface area (Å²) in [6.07, 6.45) is 4.72. The number of benzene rings is 7. The van der Waals surface area contributed by atoms with Crippen molar-refractivity contribution < 1.29 is 0 Å². The molecular formula is C65H73N. The maximum absolute atomic E-state index is 2.47. The fourth-order valence-corrected chi connectivity index (χ4v) is 10.6. The summed E-state index contributed by atoms with van der Waals surface area (Å²) in [5.41, 5.74) is 25.7. The molecule has 0 fully saturated rings. The molecule has 0 amide bonds. The van der Waals surface area contributed by atoms with Crippen LogP contribution in [0.2, 0.25) is 0 Å². The smallest absolute Gasteiger partial charge is 0.0465 e. The van der Waals surface area contributed by atoms with Crippen molar-refractivity contribution in [1.29, 1.82) is 0 Å². The van der Waals surface area contributed by atoms with Gasteiger partial charge in [-0.2, -0.15) is 0 Å². The van der Waals surface area contributed by atoms with E-state index < -0.39 is 0 Å². The van der Waals surface area contributed by atoms with Gasteiger partial charge in [0.2, 0.25) is 0 Å². The van der Waals surface area contributed by atoms with Crippen LogP contribution in [0.5, 0.6) is 0 Å². The van der Waals surface area contributed by atoms with Crippen LogP contribution in [0.3, 0.4) is 0 Å². The monoisotopic (exact) mass is 868 g/mol. The summed E-state index contributed by atoms with van der Waals surface area (Å²) in [5.74, 6) is 0. The van der Waals surface area contributed by atoms with Gasteiger partial charge in [-0.3, -0.25) is 0 Å². The van der Waals surface area contributed by atoms with Gasteiger partial charge in [-0.1, -0.05) is 200 Å². The highest BCUT2D eigenvalue weighted by Crippen LogP contribution is 2.51. The van der Waals surface area contributed by atoms with E-state index in [4.69, 9.17) is 0 Å². The molecule has 7 aromatic rings. The topological polar surface area (TPSA) is 3.24 Å². The van der Waals surface area contributed by atoms with Crippen LogP contribution >= 0.6 is 0 Å². The summed E-state index contributed by atoms with van der Waals surface area (Å²) >= 11 is 0. The predicted molar refractivity (Wildman–Crippen MR) is 286 cm³/mol. The molecule has 0 bridgehead atoms. The highest BCUT2D eigenvalue weighted by atomic mass is 15.1. The second-order valence-electron chi connectivity index (χ2n) is 24.3. The van der Waals surface area contributed by atoms with Gasteiger partial charge in [0.1, 0.15) is 0 Å². The SMILES string of the molecule is CC(C)(C)c1cc(-c2ccc(N(c3ccc(-c4ccc(-c5cc(C(C)(C)C)cc(C(C)(C)C)c5)c5c4CCCC5)cc3)c3ccc4c(c3)C(C)(C)c3ccccc3-4)cc2)cc(C(C)(C)C)c1. The fraction of sp³-hybridized carbons (Fsp3) is 0.354. The second kappa shape index (κ2) is 16.3. The summed E-state index contributed by atoms with van der Waals surface area (Å²) in [6, 6.07) is 54.3.